The molecule has 258 valence electrons. The van der Waals surface area contributed by atoms with Crippen LogP contribution in [0.15, 0.2) is 115 Å². The Balaban J connectivity index is 0.000000314. The van der Waals surface area contributed by atoms with Gasteiger partial charge in [0.15, 0.2) is 0 Å². The fourth-order valence-corrected chi connectivity index (χ4v) is 4.19. The third-order valence-corrected chi connectivity index (χ3v) is 7.43. The Morgan fingerprint density at radius 3 is 1.21 bits per heavy atom. The maximum atomic E-state index is 9.73. The van der Waals surface area contributed by atoms with Gasteiger partial charge in [0, 0.05) is 24.7 Å². The third kappa shape index (κ3) is 16.2. The van der Waals surface area contributed by atoms with Gasteiger partial charge in [-0.2, -0.15) is 0 Å². The summed E-state index contributed by atoms with van der Waals surface area (Å²) in [5, 5.41) is 56.4. The smallest absolute Gasteiger partial charge is 0.115 e. The summed E-state index contributed by atoms with van der Waals surface area (Å²) in [6.07, 6.45) is -1.94. The van der Waals surface area contributed by atoms with Crippen molar-refractivity contribution in [3.63, 3.8) is 0 Å². The van der Waals surface area contributed by atoms with Gasteiger partial charge in [-0.15, -0.1) is 0 Å². The van der Waals surface area contributed by atoms with Gasteiger partial charge >= 0.3 is 0 Å². The van der Waals surface area contributed by atoms with Crippen molar-refractivity contribution >= 4 is 0 Å². The van der Waals surface area contributed by atoms with Crippen molar-refractivity contribution < 1.29 is 25.5 Å². The maximum Gasteiger partial charge on any atom is 0.115 e. The van der Waals surface area contributed by atoms with E-state index in [0.29, 0.717) is 6.54 Å². The van der Waals surface area contributed by atoms with Crippen molar-refractivity contribution in [3.05, 3.63) is 138 Å². The van der Waals surface area contributed by atoms with Gasteiger partial charge in [0.2, 0.25) is 0 Å². The Morgan fingerprint density at radius 1 is 0.532 bits per heavy atom. The monoisotopic (exact) mass is 648 g/mol. The molecule has 0 saturated carbocycles. The van der Waals surface area contributed by atoms with Crippen molar-refractivity contribution in [3.8, 4) is 5.75 Å². The van der Waals surface area contributed by atoms with Crippen LogP contribution in [0.25, 0.3) is 0 Å². The highest BCUT2D eigenvalue weighted by Crippen LogP contribution is 2.18. The molecule has 0 unspecified atom stereocenters. The highest BCUT2D eigenvalue weighted by molar-refractivity contribution is 5.28. The summed E-state index contributed by atoms with van der Waals surface area (Å²) >= 11 is 0. The zero-order valence-corrected chi connectivity index (χ0v) is 28.5. The van der Waals surface area contributed by atoms with Gasteiger partial charge in [0.1, 0.15) is 5.75 Å². The highest BCUT2D eigenvalue weighted by Gasteiger charge is 2.14. The maximum absolute atomic E-state index is 9.73. The SMILES string of the molecule is CNC[C@H](O)c1cccc(O)c1.CN[C@@H](C)[C@@H](O)c1ccccc1.CN[C@@H](C)[C@H](O)c1ccccc1.C[C@@H](N)[C@@H](O)c1ccccc1. The van der Waals surface area contributed by atoms with Crippen LogP contribution in [0.2, 0.25) is 0 Å². The molecule has 7 atom stereocenters. The Labute approximate surface area is 281 Å². The van der Waals surface area contributed by atoms with Crippen molar-refractivity contribution in [1.82, 2.24) is 16.0 Å². The number of hydrogen-bond acceptors (Lipinski definition) is 9. The summed E-state index contributed by atoms with van der Waals surface area (Å²) in [5.74, 6) is 0.183. The number of phenols is 1. The van der Waals surface area contributed by atoms with Crippen LogP contribution in [0.1, 0.15) is 67.4 Å². The molecule has 0 spiro atoms. The molecule has 0 bridgehead atoms. The normalized spacial score (nSPS) is 15.0. The first-order chi connectivity index (χ1) is 22.5. The molecule has 4 aromatic rings. The molecule has 10 N–H and O–H groups in total. The van der Waals surface area contributed by atoms with Gasteiger partial charge in [0.25, 0.3) is 0 Å². The molecular formula is C38H56N4O5. The first kappa shape index (κ1) is 41.4. The standard InChI is InChI=1S/2C10H15NO.C9H13NO2.C9H13NO/c2*1-8(11-2)10(12)9-6-4-3-5-7-9;1-10-6-9(12)7-3-2-4-8(11)5-7;1-7(10)9(11)8-5-3-2-4-6-8/h2*3-8,10-12H,1-2H3;2-5,9-12H,6H2,1H3;2-7,9,11H,10H2,1H3/t8-,10+;8-,10-;9-;7-,9-/m0001/s1. The van der Waals surface area contributed by atoms with Gasteiger partial charge in [-0.3, -0.25) is 0 Å². The minimum absolute atomic E-state index is 0.0902. The Kier molecular flexibility index (Phi) is 20.8. The molecule has 9 nitrogen and oxygen atoms in total. The second kappa shape index (κ2) is 23.6. The minimum atomic E-state index is -0.554. The van der Waals surface area contributed by atoms with Crippen LogP contribution in [-0.2, 0) is 0 Å². The van der Waals surface area contributed by atoms with Crippen LogP contribution < -0.4 is 21.7 Å². The average Bonchev–Trinajstić information content (AvgIpc) is 3.12. The number of aliphatic hydroxyl groups is 4. The summed E-state index contributed by atoms with van der Waals surface area (Å²) in [5.41, 5.74) is 9.04. The van der Waals surface area contributed by atoms with E-state index in [4.69, 9.17) is 10.8 Å². The van der Waals surface area contributed by atoms with Crippen LogP contribution in [0.4, 0.5) is 0 Å². The number of phenolic OH excluding ortho intramolecular Hbond substituents is 1. The lowest BCUT2D eigenvalue weighted by atomic mass is 10.0. The lowest BCUT2D eigenvalue weighted by Gasteiger charge is -2.17. The number of nitrogens with two attached hydrogens (primary N) is 1. The molecule has 0 radical (unpaired) electrons. The second-order valence-electron chi connectivity index (χ2n) is 11.2. The first-order valence-corrected chi connectivity index (χ1v) is 15.9. The summed E-state index contributed by atoms with van der Waals surface area (Å²) in [7, 11) is 5.46. The van der Waals surface area contributed by atoms with Gasteiger partial charge in [0.05, 0.1) is 24.4 Å². The van der Waals surface area contributed by atoms with Gasteiger partial charge in [-0.1, -0.05) is 103 Å². The molecule has 4 rings (SSSR count). The molecular weight excluding hydrogens is 592 g/mol. The van der Waals surface area contributed by atoms with Crippen LogP contribution >= 0.6 is 0 Å². The highest BCUT2D eigenvalue weighted by atomic mass is 16.3. The largest absolute Gasteiger partial charge is 0.508 e. The predicted molar refractivity (Wildman–Crippen MR) is 192 cm³/mol. The Morgan fingerprint density at radius 2 is 0.894 bits per heavy atom. The number of hydrogen-bond donors (Lipinski definition) is 9. The van der Waals surface area contributed by atoms with Gasteiger partial charge in [-0.05, 0) is 76.3 Å². The fourth-order valence-electron chi connectivity index (χ4n) is 4.19. The number of nitrogens with one attached hydrogen (secondary N) is 3. The van der Waals surface area contributed by atoms with E-state index in [2.05, 4.69) is 16.0 Å². The van der Waals surface area contributed by atoms with E-state index in [1.807, 2.05) is 119 Å². The quantitative estimate of drug-likeness (QED) is 0.115. The van der Waals surface area contributed by atoms with Crippen molar-refractivity contribution in [2.45, 2.75) is 63.3 Å². The molecule has 4 aromatic carbocycles. The predicted octanol–water partition coefficient (Wildman–Crippen LogP) is 4.37. The number of rotatable bonds is 11. The lowest BCUT2D eigenvalue weighted by molar-refractivity contribution is 0.140. The Hall–Kier alpha value is -3.64. The molecule has 0 aliphatic heterocycles. The summed E-state index contributed by atoms with van der Waals surface area (Å²) < 4.78 is 0. The average molecular weight is 649 g/mol. The molecule has 0 amide bonds. The zero-order valence-electron chi connectivity index (χ0n) is 28.5. The van der Waals surface area contributed by atoms with E-state index >= 15 is 0 Å². The second-order valence-corrected chi connectivity index (χ2v) is 11.2. The summed E-state index contributed by atoms with van der Waals surface area (Å²) in [6, 6.07) is 35.4. The molecule has 0 fully saturated rings. The van der Waals surface area contributed by atoms with Crippen LogP contribution in [0.3, 0.4) is 0 Å². The van der Waals surface area contributed by atoms with E-state index < -0.39 is 24.4 Å². The molecule has 0 heterocycles. The van der Waals surface area contributed by atoms with Crippen molar-refractivity contribution in [1.29, 1.82) is 0 Å². The van der Waals surface area contributed by atoms with Crippen molar-refractivity contribution in [2.24, 2.45) is 5.73 Å². The van der Waals surface area contributed by atoms with Crippen molar-refractivity contribution in [2.75, 3.05) is 27.7 Å². The number of benzene rings is 4. The van der Waals surface area contributed by atoms with E-state index in [-0.39, 0.29) is 23.9 Å². The number of aromatic hydroxyl groups is 1. The molecule has 0 aliphatic rings. The van der Waals surface area contributed by atoms with E-state index in [0.717, 1.165) is 22.3 Å². The minimum Gasteiger partial charge on any atom is -0.508 e. The number of aliphatic hydroxyl groups excluding tert-OH is 4. The lowest BCUT2D eigenvalue weighted by Crippen LogP contribution is -2.28. The zero-order chi connectivity index (χ0) is 35.2. The molecule has 0 aromatic heterocycles. The summed E-state index contributed by atoms with van der Waals surface area (Å²) in [6.45, 7) is 6.19. The first-order valence-electron chi connectivity index (χ1n) is 15.9. The molecule has 9 heteroatoms. The molecule has 0 aliphatic carbocycles. The molecule has 0 saturated heterocycles. The van der Waals surface area contributed by atoms with E-state index in [1.165, 1.54) is 0 Å². The fraction of sp³-hybridized carbons (Fsp3) is 0.368. The van der Waals surface area contributed by atoms with Crippen LogP contribution in [0.5, 0.6) is 5.75 Å². The van der Waals surface area contributed by atoms with E-state index in [9.17, 15) is 20.4 Å². The summed E-state index contributed by atoms with van der Waals surface area (Å²) in [4.78, 5) is 0. The topological polar surface area (TPSA) is 163 Å². The van der Waals surface area contributed by atoms with Crippen LogP contribution in [-0.4, -0.2) is 71.3 Å². The van der Waals surface area contributed by atoms with Gasteiger partial charge in [-0.25, -0.2) is 0 Å². The van der Waals surface area contributed by atoms with Gasteiger partial charge < -0.3 is 47.2 Å². The van der Waals surface area contributed by atoms with E-state index in [1.54, 1.807) is 38.2 Å². The van der Waals surface area contributed by atoms with Crippen LogP contribution in [0, 0.1) is 0 Å². The number of likely N-dealkylation sites (N-methyl/N-ethyl adjacent to an activating group) is 3. The molecule has 47 heavy (non-hydrogen) atoms. The third-order valence-electron chi connectivity index (χ3n) is 7.43. The Bertz CT molecular complexity index is 1260.